The minimum absolute atomic E-state index is 0.170. The Hall–Kier alpha value is -2.83. The van der Waals surface area contributed by atoms with Crippen LogP contribution in [0.2, 0.25) is 10.0 Å². The molecule has 0 amide bonds. The van der Waals surface area contributed by atoms with E-state index in [0.717, 1.165) is 0 Å². The van der Waals surface area contributed by atoms with E-state index in [1.54, 1.807) is 37.3 Å². The second kappa shape index (κ2) is 6.16. The molecule has 8 heteroatoms. The van der Waals surface area contributed by atoms with Gasteiger partial charge in [-0.1, -0.05) is 34.4 Å². The first kappa shape index (κ1) is 16.6. The number of aryl methyl sites for hydroxylation is 1. The van der Waals surface area contributed by atoms with E-state index in [-0.39, 0.29) is 11.5 Å². The fourth-order valence-corrected chi connectivity index (χ4v) is 3.05. The summed E-state index contributed by atoms with van der Waals surface area (Å²) in [5.74, 6) is -0.160. The molecule has 0 unspecified atom stereocenters. The van der Waals surface area contributed by atoms with Crippen LogP contribution in [0.1, 0.15) is 15.9 Å². The first-order chi connectivity index (χ1) is 12.4. The Balaban J connectivity index is 1.75. The maximum atomic E-state index is 11.1. The summed E-state index contributed by atoms with van der Waals surface area (Å²) < 4.78 is 11.0. The monoisotopic (exact) mass is 388 g/mol. The van der Waals surface area contributed by atoms with Gasteiger partial charge in [-0.3, -0.25) is 0 Å². The van der Waals surface area contributed by atoms with Gasteiger partial charge in [-0.15, -0.1) is 0 Å². The fraction of sp³-hybridized carbons (Fsp3) is 0.0556. The van der Waals surface area contributed by atoms with E-state index in [0.29, 0.717) is 43.7 Å². The Morgan fingerprint density at radius 1 is 1.12 bits per heavy atom. The summed E-state index contributed by atoms with van der Waals surface area (Å²) in [4.78, 5) is 15.4. The lowest BCUT2D eigenvalue weighted by Gasteiger charge is -2.01. The van der Waals surface area contributed by atoms with Gasteiger partial charge < -0.3 is 14.0 Å². The molecule has 0 aliphatic heterocycles. The number of carboxylic acid groups (broad SMARTS) is 1. The molecule has 2 aromatic heterocycles. The Morgan fingerprint density at radius 2 is 1.88 bits per heavy atom. The van der Waals surface area contributed by atoms with Crippen LogP contribution >= 0.6 is 23.2 Å². The minimum Gasteiger partial charge on any atom is -0.478 e. The number of carbonyl (C=O) groups is 1. The molecule has 0 aliphatic carbocycles. The van der Waals surface area contributed by atoms with Crippen molar-refractivity contribution in [1.29, 1.82) is 0 Å². The lowest BCUT2D eigenvalue weighted by atomic mass is 10.1. The average Bonchev–Trinajstić information content (AvgIpc) is 3.25. The summed E-state index contributed by atoms with van der Waals surface area (Å²) in [6.45, 7) is 1.71. The third-order valence-electron chi connectivity index (χ3n) is 3.93. The van der Waals surface area contributed by atoms with Crippen molar-refractivity contribution in [2.24, 2.45) is 0 Å². The number of fused-ring (bicyclic) bond motifs is 1. The second-order valence-corrected chi connectivity index (χ2v) is 6.46. The van der Waals surface area contributed by atoms with Gasteiger partial charge in [-0.25, -0.2) is 4.79 Å². The summed E-state index contributed by atoms with van der Waals surface area (Å²) in [5, 5.41) is 14.6. The number of hydrogen-bond acceptors (Lipinski definition) is 5. The zero-order valence-corrected chi connectivity index (χ0v) is 14.8. The molecule has 0 atom stereocenters. The molecule has 4 aromatic rings. The summed E-state index contributed by atoms with van der Waals surface area (Å²) in [6, 6.07) is 9.81. The summed E-state index contributed by atoms with van der Waals surface area (Å²) in [6.07, 6.45) is 0. The molecule has 4 rings (SSSR count). The third kappa shape index (κ3) is 2.73. The van der Waals surface area contributed by atoms with E-state index >= 15 is 0 Å². The summed E-state index contributed by atoms with van der Waals surface area (Å²) >= 11 is 12.3. The third-order valence-corrected chi connectivity index (χ3v) is 4.56. The van der Waals surface area contributed by atoms with Crippen LogP contribution in [0.3, 0.4) is 0 Å². The van der Waals surface area contributed by atoms with Crippen LogP contribution in [-0.2, 0) is 0 Å². The highest BCUT2D eigenvalue weighted by Gasteiger charge is 2.18. The van der Waals surface area contributed by atoms with E-state index in [9.17, 15) is 4.79 Å². The smallest absolute Gasteiger partial charge is 0.335 e. The standard InChI is InChI=1S/C18H10Cl2N2O4/c1-8-6-9(2-3-10(8)18(23)24)16-21-17(26-22-16)14-7-11-12(19)4-5-13(20)15(11)25-14/h2-7H,1H3,(H,23,24). The van der Waals surface area contributed by atoms with Gasteiger partial charge in [0.2, 0.25) is 5.82 Å². The lowest BCUT2D eigenvalue weighted by molar-refractivity contribution is 0.0696. The number of carboxylic acids is 1. The Morgan fingerprint density at radius 3 is 2.58 bits per heavy atom. The molecular formula is C18H10Cl2N2O4. The number of hydrogen-bond donors (Lipinski definition) is 1. The second-order valence-electron chi connectivity index (χ2n) is 5.64. The van der Waals surface area contributed by atoms with E-state index in [2.05, 4.69) is 10.1 Å². The van der Waals surface area contributed by atoms with Crippen molar-refractivity contribution in [3.63, 3.8) is 0 Å². The Bertz CT molecular complexity index is 1120. The van der Waals surface area contributed by atoms with Crippen LogP contribution in [0.5, 0.6) is 0 Å². The number of furan rings is 1. The number of nitrogens with zero attached hydrogens (tertiary/aromatic N) is 2. The van der Waals surface area contributed by atoms with Crippen molar-refractivity contribution in [2.75, 3.05) is 0 Å². The molecule has 0 bridgehead atoms. The molecule has 1 N–H and O–H groups in total. The number of aromatic carboxylic acids is 1. The molecule has 0 saturated heterocycles. The van der Waals surface area contributed by atoms with E-state index in [1.165, 1.54) is 6.07 Å². The van der Waals surface area contributed by atoms with Gasteiger partial charge in [-0.2, -0.15) is 4.98 Å². The quantitative estimate of drug-likeness (QED) is 0.500. The minimum atomic E-state index is -0.987. The molecule has 6 nitrogen and oxygen atoms in total. The van der Waals surface area contributed by atoms with Crippen molar-refractivity contribution in [3.05, 3.63) is 57.6 Å². The highest BCUT2D eigenvalue weighted by molar-refractivity contribution is 6.39. The maximum absolute atomic E-state index is 11.1. The van der Waals surface area contributed by atoms with Gasteiger partial charge in [-0.05, 0) is 42.8 Å². The molecule has 2 aromatic carbocycles. The largest absolute Gasteiger partial charge is 0.478 e. The van der Waals surface area contributed by atoms with Crippen molar-refractivity contribution in [3.8, 4) is 23.0 Å². The van der Waals surface area contributed by atoms with Crippen molar-refractivity contribution in [2.45, 2.75) is 6.92 Å². The van der Waals surface area contributed by atoms with Crippen LogP contribution < -0.4 is 0 Å². The van der Waals surface area contributed by atoms with Crippen molar-refractivity contribution < 1.29 is 18.8 Å². The van der Waals surface area contributed by atoms with E-state index < -0.39 is 5.97 Å². The van der Waals surface area contributed by atoms with Crippen molar-refractivity contribution >= 4 is 40.1 Å². The molecule has 26 heavy (non-hydrogen) atoms. The van der Waals surface area contributed by atoms with Gasteiger partial charge in [0.15, 0.2) is 11.3 Å². The lowest BCUT2D eigenvalue weighted by Crippen LogP contribution is -1.99. The molecule has 130 valence electrons. The van der Waals surface area contributed by atoms with E-state index in [4.69, 9.17) is 37.2 Å². The van der Waals surface area contributed by atoms with Crippen LogP contribution in [-0.4, -0.2) is 21.2 Å². The highest BCUT2D eigenvalue weighted by Crippen LogP contribution is 2.36. The molecule has 0 saturated carbocycles. The zero-order valence-electron chi connectivity index (χ0n) is 13.3. The Labute approximate surface area is 156 Å². The first-order valence-electron chi connectivity index (χ1n) is 7.50. The fourth-order valence-electron chi connectivity index (χ4n) is 2.65. The molecule has 0 fully saturated rings. The number of rotatable bonds is 3. The maximum Gasteiger partial charge on any atom is 0.335 e. The van der Waals surface area contributed by atoms with Crippen LogP contribution in [0.15, 0.2) is 45.3 Å². The summed E-state index contributed by atoms with van der Waals surface area (Å²) in [7, 11) is 0. The predicted octanol–water partition coefficient (Wildman–Crippen LogP) is 5.46. The number of halogens is 2. The highest BCUT2D eigenvalue weighted by atomic mass is 35.5. The molecular weight excluding hydrogens is 379 g/mol. The molecule has 0 spiro atoms. The normalized spacial score (nSPS) is 11.2. The first-order valence-corrected chi connectivity index (χ1v) is 8.25. The average molecular weight is 389 g/mol. The molecule has 2 heterocycles. The summed E-state index contributed by atoms with van der Waals surface area (Å²) in [5.41, 5.74) is 1.90. The van der Waals surface area contributed by atoms with Gasteiger partial charge >= 0.3 is 5.97 Å². The number of benzene rings is 2. The molecule has 0 aliphatic rings. The van der Waals surface area contributed by atoms with Gasteiger partial charge in [0.1, 0.15) is 0 Å². The van der Waals surface area contributed by atoms with Crippen LogP contribution in [0, 0.1) is 6.92 Å². The molecule has 0 radical (unpaired) electrons. The van der Waals surface area contributed by atoms with Gasteiger partial charge in [0.05, 0.1) is 15.6 Å². The number of aromatic nitrogens is 2. The Kier molecular flexibility index (Phi) is 3.94. The SMILES string of the molecule is Cc1cc(-c2noc(-c3cc4c(Cl)ccc(Cl)c4o3)n2)ccc1C(=O)O. The van der Waals surface area contributed by atoms with Crippen LogP contribution in [0.4, 0.5) is 0 Å². The van der Waals surface area contributed by atoms with Crippen molar-refractivity contribution in [1.82, 2.24) is 10.1 Å². The predicted molar refractivity (Wildman–Crippen MR) is 96.7 cm³/mol. The van der Waals surface area contributed by atoms with Crippen LogP contribution in [0.25, 0.3) is 34.0 Å². The topological polar surface area (TPSA) is 89.4 Å². The van der Waals surface area contributed by atoms with Gasteiger partial charge in [0, 0.05) is 10.9 Å². The zero-order chi connectivity index (χ0) is 18.4. The van der Waals surface area contributed by atoms with E-state index in [1.807, 2.05) is 0 Å². The van der Waals surface area contributed by atoms with Gasteiger partial charge in [0.25, 0.3) is 5.89 Å².